The van der Waals surface area contributed by atoms with Crippen molar-refractivity contribution in [2.75, 3.05) is 19.6 Å². The SMILES string of the molecule is CCN(CC)C(=O)CCNC(=O)CC1CCCCC1N. The van der Waals surface area contributed by atoms with Crippen molar-refractivity contribution < 1.29 is 9.59 Å². The minimum atomic E-state index is 0.0275. The Morgan fingerprint density at radius 2 is 1.85 bits per heavy atom. The van der Waals surface area contributed by atoms with Crippen molar-refractivity contribution >= 4 is 11.8 Å². The number of amides is 2. The van der Waals surface area contributed by atoms with Gasteiger partial charge in [-0.3, -0.25) is 9.59 Å². The fourth-order valence-corrected chi connectivity index (χ4v) is 2.84. The summed E-state index contributed by atoms with van der Waals surface area (Å²) in [7, 11) is 0. The number of hydrogen-bond donors (Lipinski definition) is 2. The van der Waals surface area contributed by atoms with Crippen LogP contribution in [0.4, 0.5) is 0 Å². The Morgan fingerprint density at radius 1 is 1.20 bits per heavy atom. The third-order valence-corrected chi connectivity index (χ3v) is 4.19. The van der Waals surface area contributed by atoms with Crippen molar-refractivity contribution in [1.29, 1.82) is 0 Å². The van der Waals surface area contributed by atoms with Gasteiger partial charge in [0.15, 0.2) is 0 Å². The summed E-state index contributed by atoms with van der Waals surface area (Å²) in [4.78, 5) is 25.4. The Kier molecular flexibility index (Phi) is 7.59. The second kappa shape index (κ2) is 8.95. The van der Waals surface area contributed by atoms with E-state index >= 15 is 0 Å². The lowest BCUT2D eigenvalue weighted by atomic mass is 9.83. The van der Waals surface area contributed by atoms with Crippen LogP contribution in [0.3, 0.4) is 0 Å². The predicted molar refractivity (Wildman–Crippen MR) is 80.1 cm³/mol. The van der Waals surface area contributed by atoms with Crippen LogP contribution in [0, 0.1) is 5.92 Å². The number of nitrogens with zero attached hydrogens (tertiary/aromatic N) is 1. The topological polar surface area (TPSA) is 75.4 Å². The molecule has 116 valence electrons. The lowest BCUT2D eigenvalue weighted by molar-refractivity contribution is -0.130. The molecular formula is C15H29N3O2. The molecule has 1 saturated carbocycles. The van der Waals surface area contributed by atoms with Crippen molar-refractivity contribution in [2.45, 2.75) is 58.4 Å². The molecule has 5 nitrogen and oxygen atoms in total. The number of carbonyl (C=O) groups excluding carboxylic acids is 2. The summed E-state index contributed by atoms with van der Waals surface area (Å²) < 4.78 is 0. The highest BCUT2D eigenvalue weighted by Crippen LogP contribution is 2.25. The maximum absolute atomic E-state index is 11.9. The van der Waals surface area contributed by atoms with Crippen molar-refractivity contribution in [1.82, 2.24) is 10.2 Å². The van der Waals surface area contributed by atoms with Crippen LogP contribution >= 0.6 is 0 Å². The zero-order chi connectivity index (χ0) is 15.0. The van der Waals surface area contributed by atoms with E-state index in [1.807, 2.05) is 13.8 Å². The molecular weight excluding hydrogens is 254 g/mol. The average molecular weight is 283 g/mol. The Labute approximate surface area is 122 Å². The maximum atomic E-state index is 11.9. The molecule has 1 rings (SSSR count). The normalized spacial score (nSPS) is 22.4. The first kappa shape index (κ1) is 17.0. The van der Waals surface area contributed by atoms with Gasteiger partial charge in [-0.05, 0) is 32.6 Å². The minimum absolute atomic E-state index is 0.0275. The number of nitrogens with one attached hydrogen (secondary N) is 1. The van der Waals surface area contributed by atoms with E-state index in [1.165, 1.54) is 12.8 Å². The van der Waals surface area contributed by atoms with E-state index in [-0.39, 0.29) is 17.9 Å². The summed E-state index contributed by atoms with van der Waals surface area (Å²) in [6, 6.07) is 0.159. The molecule has 2 atom stereocenters. The van der Waals surface area contributed by atoms with Gasteiger partial charge in [0, 0.05) is 38.5 Å². The van der Waals surface area contributed by atoms with Gasteiger partial charge in [0.25, 0.3) is 0 Å². The van der Waals surface area contributed by atoms with Gasteiger partial charge in [0.2, 0.25) is 11.8 Å². The number of carbonyl (C=O) groups is 2. The first-order valence-corrected chi connectivity index (χ1v) is 7.88. The van der Waals surface area contributed by atoms with Crippen LogP contribution in [0.25, 0.3) is 0 Å². The maximum Gasteiger partial charge on any atom is 0.224 e. The van der Waals surface area contributed by atoms with Crippen LogP contribution in [0.2, 0.25) is 0 Å². The monoisotopic (exact) mass is 283 g/mol. The van der Waals surface area contributed by atoms with Crippen LogP contribution in [0.1, 0.15) is 52.4 Å². The summed E-state index contributed by atoms with van der Waals surface area (Å²) in [5, 5.41) is 2.84. The van der Waals surface area contributed by atoms with Gasteiger partial charge in [-0.25, -0.2) is 0 Å². The second-order valence-corrected chi connectivity index (χ2v) is 5.58. The molecule has 0 aliphatic heterocycles. The minimum Gasteiger partial charge on any atom is -0.356 e. The molecule has 1 aliphatic carbocycles. The summed E-state index contributed by atoms with van der Waals surface area (Å²) >= 11 is 0. The van der Waals surface area contributed by atoms with E-state index in [0.717, 1.165) is 25.9 Å². The Morgan fingerprint density at radius 3 is 2.45 bits per heavy atom. The third kappa shape index (κ3) is 5.49. The van der Waals surface area contributed by atoms with E-state index in [1.54, 1.807) is 4.90 Å². The molecule has 5 heteroatoms. The molecule has 2 unspecified atom stereocenters. The first-order chi connectivity index (χ1) is 9.58. The van der Waals surface area contributed by atoms with Gasteiger partial charge >= 0.3 is 0 Å². The van der Waals surface area contributed by atoms with Gasteiger partial charge in [0.05, 0.1) is 0 Å². The molecule has 0 aromatic heterocycles. The Hall–Kier alpha value is -1.10. The number of hydrogen-bond acceptors (Lipinski definition) is 3. The lowest BCUT2D eigenvalue weighted by Gasteiger charge is -2.28. The van der Waals surface area contributed by atoms with Crippen LogP contribution in [0.15, 0.2) is 0 Å². The van der Waals surface area contributed by atoms with Crippen LogP contribution in [0.5, 0.6) is 0 Å². The van der Waals surface area contributed by atoms with Crippen molar-refractivity contribution in [3.63, 3.8) is 0 Å². The molecule has 0 saturated heterocycles. The quantitative estimate of drug-likeness (QED) is 0.739. The van der Waals surface area contributed by atoms with Gasteiger partial charge in [-0.15, -0.1) is 0 Å². The summed E-state index contributed by atoms with van der Waals surface area (Å²) in [5.41, 5.74) is 6.04. The van der Waals surface area contributed by atoms with Gasteiger partial charge < -0.3 is 16.0 Å². The summed E-state index contributed by atoms with van der Waals surface area (Å²) in [6.07, 6.45) is 5.31. The van der Waals surface area contributed by atoms with Crippen LogP contribution in [-0.4, -0.2) is 42.4 Å². The molecule has 2 amide bonds. The summed E-state index contributed by atoms with van der Waals surface area (Å²) in [5.74, 6) is 0.437. The molecule has 0 spiro atoms. The lowest BCUT2D eigenvalue weighted by Crippen LogP contribution is -2.38. The van der Waals surface area contributed by atoms with Crippen molar-refractivity contribution in [3.05, 3.63) is 0 Å². The third-order valence-electron chi connectivity index (χ3n) is 4.19. The second-order valence-electron chi connectivity index (χ2n) is 5.58. The molecule has 1 aliphatic rings. The Balaban J connectivity index is 2.21. The fourth-order valence-electron chi connectivity index (χ4n) is 2.84. The molecule has 0 aromatic rings. The van der Waals surface area contributed by atoms with Gasteiger partial charge in [-0.2, -0.15) is 0 Å². The van der Waals surface area contributed by atoms with Crippen molar-refractivity contribution in [2.24, 2.45) is 11.7 Å². The van der Waals surface area contributed by atoms with Crippen LogP contribution in [-0.2, 0) is 9.59 Å². The standard InChI is InChI=1S/C15H29N3O2/c1-3-18(4-2)15(20)9-10-17-14(19)11-12-7-5-6-8-13(12)16/h12-13H,3-11,16H2,1-2H3,(H,17,19). The van der Waals surface area contributed by atoms with E-state index in [2.05, 4.69) is 5.32 Å². The molecule has 0 aromatic carbocycles. The molecule has 0 radical (unpaired) electrons. The van der Waals surface area contributed by atoms with Crippen molar-refractivity contribution in [3.8, 4) is 0 Å². The smallest absolute Gasteiger partial charge is 0.224 e. The molecule has 0 heterocycles. The molecule has 3 N–H and O–H groups in total. The van der Waals surface area contributed by atoms with E-state index in [0.29, 0.717) is 25.3 Å². The van der Waals surface area contributed by atoms with Crippen LogP contribution < -0.4 is 11.1 Å². The summed E-state index contributed by atoms with van der Waals surface area (Å²) in [6.45, 7) is 5.80. The van der Waals surface area contributed by atoms with Gasteiger partial charge in [-0.1, -0.05) is 12.8 Å². The highest BCUT2D eigenvalue weighted by molar-refractivity contribution is 5.79. The zero-order valence-electron chi connectivity index (χ0n) is 12.9. The largest absolute Gasteiger partial charge is 0.356 e. The van der Waals surface area contributed by atoms with E-state index in [9.17, 15) is 9.59 Å². The highest BCUT2D eigenvalue weighted by atomic mass is 16.2. The predicted octanol–water partition coefficient (Wildman–Crippen LogP) is 1.27. The number of rotatable bonds is 7. The Bertz CT molecular complexity index is 316. The zero-order valence-corrected chi connectivity index (χ0v) is 12.9. The van der Waals surface area contributed by atoms with Gasteiger partial charge in [0.1, 0.15) is 0 Å². The average Bonchev–Trinajstić information content (AvgIpc) is 2.43. The first-order valence-electron chi connectivity index (χ1n) is 7.88. The number of nitrogens with two attached hydrogens (primary N) is 1. The van der Waals surface area contributed by atoms with E-state index in [4.69, 9.17) is 5.73 Å². The highest BCUT2D eigenvalue weighted by Gasteiger charge is 2.24. The molecule has 1 fully saturated rings. The fraction of sp³-hybridized carbons (Fsp3) is 0.867. The molecule has 0 bridgehead atoms. The molecule has 20 heavy (non-hydrogen) atoms. The van der Waals surface area contributed by atoms with E-state index < -0.39 is 0 Å².